The lowest BCUT2D eigenvalue weighted by atomic mass is 9.97. The molecule has 0 aliphatic heterocycles. The molecule has 0 aromatic heterocycles. The van der Waals surface area contributed by atoms with Crippen LogP contribution < -0.4 is 0 Å². The maximum atomic E-state index is 13.4. The fourth-order valence-electron chi connectivity index (χ4n) is 1.72. The van der Waals surface area contributed by atoms with Crippen LogP contribution in [-0.2, 0) is 0 Å². The summed E-state index contributed by atoms with van der Waals surface area (Å²) in [4.78, 5) is 11.8. The van der Waals surface area contributed by atoms with E-state index in [2.05, 4.69) is 0 Å². The van der Waals surface area contributed by atoms with Crippen molar-refractivity contribution in [2.75, 3.05) is 0 Å². The number of rotatable bonds is 3. The average Bonchev–Trinajstić information content (AvgIpc) is 3.00. The van der Waals surface area contributed by atoms with Crippen LogP contribution in [0.3, 0.4) is 0 Å². The zero-order valence-electron chi connectivity index (χ0n) is 9.09. The number of hydrogen-bond donors (Lipinski definition) is 0. The summed E-state index contributed by atoms with van der Waals surface area (Å²) in [5.41, 5.74) is 1.31. The van der Waals surface area contributed by atoms with Crippen molar-refractivity contribution in [1.29, 1.82) is 0 Å². The average molecular weight is 206 g/mol. The predicted molar refractivity (Wildman–Crippen MR) is 57.5 cm³/mol. The lowest BCUT2D eigenvalue weighted by molar-refractivity contribution is 0.0967. The van der Waals surface area contributed by atoms with Crippen LogP contribution in [0.4, 0.5) is 4.39 Å². The van der Waals surface area contributed by atoms with Crippen molar-refractivity contribution in [2.45, 2.75) is 32.6 Å². The number of ketones is 1. The molecule has 0 unspecified atom stereocenters. The van der Waals surface area contributed by atoms with E-state index >= 15 is 0 Å². The molecule has 1 aliphatic carbocycles. The lowest BCUT2D eigenvalue weighted by Crippen LogP contribution is -2.04. The van der Waals surface area contributed by atoms with Crippen molar-refractivity contribution < 1.29 is 9.18 Å². The third-order valence-corrected chi connectivity index (χ3v) is 2.85. The second-order valence-corrected chi connectivity index (χ2v) is 4.53. The van der Waals surface area contributed by atoms with Crippen LogP contribution in [0, 0.1) is 11.7 Å². The lowest BCUT2D eigenvalue weighted by Gasteiger charge is -2.08. The fraction of sp³-hybridized carbons (Fsp3) is 0.462. The van der Waals surface area contributed by atoms with Crippen LogP contribution in [0.5, 0.6) is 0 Å². The first kappa shape index (κ1) is 10.3. The quantitative estimate of drug-likeness (QED) is 0.691. The Morgan fingerprint density at radius 3 is 2.60 bits per heavy atom. The van der Waals surface area contributed by atoms with Gasteiger partial charge in [-0.25, -0.2) is 4.39 Å². The molecule has 1 nitrogen and oxygen atoms in total. The van der Waals surface area contributed by atoms with Crippen LogP contribution in [0.1, 0.15) is 48.5 Å². The highest BCUT2D eigenvalue weighted by atomic mass is 19.1. The van der Waals surface area contributed by atoms with Crippen LogP contribution in [0.15, 0.2) is 18.2 Å². The molecule has 1 fully saturated rings. The highest BCUT2D eigenvalue weighted by Gasteiger charge is 2.30. The summed E-state index contributed by atoms with van der Waals surface area (Å²) in [5.74, 6) is 0.293. The SMILES string of the molecule is CC(C)c1cc(C(=O)C2CC2)ccc1F. The number of carbonyl (C=O) groups excluding carboxylic acids is 1. The van der Waals surface area contributed by atoms with Gasteiger partial charge in [0.25, 0.3) is 0 Å². The van der Waals surface area contributed by atoms with Crippen molar-refractivity contribution in [3.63, 3.8) is 0 Å². The van der Waals surface area contributed by atoms with Gasteiger partial charge in [0.15, 0.2) is 5.78 Å². The van der Waals surface area contributed by atoms with Crippen molar-refractivity contribution in [1.82, 2.24) is 0 Å². The van der Waals surface area contributed by atoms with E-state index in [0.717, 1.165) is 12.8 Å². The van der Waals surface area contributed by atoms with E-state index in [9.17, 15) is 9.18 Å². The summed E-state index contributed by atoms with van der Waals surface area (Å²) in [6, 6.07) is 4.72. The first-order valence-corrected chi connectivity index (χ1v) is 5.43. The van der Waals surface area contributed by atoms with Gasteiger partial charge in [0.2, 0.25) is 0 Å². The van der Waals surface area contributed by atoms with Crippen LogP contribution in [0.2, 0.25) is 0 Å². The molecule has 15 heavy (non-hydrogen) atoms. The summed E-state index contributed by atoms with van der Waals surface area (Å²) in [5, 5.41) is 0. The number of Topliss-reactive ketones (excluding diaryl/α,β-unsaturated/α-hetero) is 1. The van der Waals surface area contributed by atoms with Gasteiger partial charge in [-0.1, -0.05) is 13.8 Å². The molecule has 0 amide bonds. The Labute approximate surface area is 89.3 Å². The Kier molecular flexibility index (Phi) is 2.59. The van der Waals surface area contributed by atoms with E-state index in [-0.39, 0.29) is 23.4 Å². The van der Waals surface area contributed by atoms with Crippen molar-refractivity contribution in [2.24, 2.45) is 5.92 Å². The second-order valence-electron chi connectivity index (χ2n) is 4.53. The van der Waals surface area contributed by atoms with Crippen LogP contribution >= 0.6 is 0 Å². The topological polar surface area (TPSA) is 17.1 Å². The van der Waals surface area contributed by atoms with Gasteiger partial charge < -0.3 is 0 Å². The molecule has 1 aromatic rings. The van der Waals surface area contributed by atoms with E-state index in [0.29, 0.717) is 11.1 Å². The first-order valence-electron chi connectivity index (χ1n) is 5.43. The Morgan fingerprint density at radius 1 is 1.40 bits per heavy atom. The molecule has 0 saturated heterocycles. The van der Waals surface area contributed by atoms with Gasteiger partial charge in [-0.05, 0) is 42.5 Å². The van der Waals surface area contributed by atoms with Gasteiger partial charge in [-0.2, -0.15) is 0 Å². The fourth-order valence-corrected chi connectivity index (χ4v) is 1.72. The van der Waals surface area contributed by atoms with Gasteiger partial charge in [0.05, 0.1) is 0 Å². The van der Waals surface area contributed by atoms with Gasteiger partial charge in [0.1, 0.15) is 5.82 Å². The Balaban J connectivity index is 2.33. The number of hydrogen-bond acceptors (Lipinski definition) is 1. The number of benzene rings is 1. The summed E-state index contributed by atoms with van der Waals surface area (Å²) < 4.78 is 13.4. The highest BCUT2D eigenvalue weighted by molar-refractivity contribution is 5.99. The summed E-state index contributed by atoms with van der Waals surface area (Å²) in [6.07, 6.45) is 1.99. The molecule has 0 radical (unpaired) electrons. The van der Waals surface area contributed by atoms with Crippen molar-refractivity contribution in [3.05, 3.63) is 35.1 Å². The standard InChI is InChI=1S/C13H15FO/c1-8(2)11-7-10(5-6-12(11)14)13(15)9-3-4-9/h5-9H,3-4H2,1-2H3. The molecule has 1 aromatic carbocycles. The van der Waals surface area contributed by atoms with E-state index < -0.39 is 0 Å². The molecule has 0 atom stereocenters. The summed E-state index contributed by atoms with van der Waals surface area (Å²) >= 11 is 0. The molecular weight excluding hydrogens is 191 g/mol. The molecule has 0 N–H and O–H groups in total. The molecule has 0 spiro atoms. The largest absolute Gasteiger partial charge is 0.294 e. The first-order chi connectivity index (χ1) is 7.09. The third-order valence-electron chi connectivity index (χ3n) is 2.85. The minimum absolute atomic E-state index is 0.122. The zero-order valence-corrected chi connectivity index (χ0v) is 9.09. The maximum Gasteiger partial charge on any atom is 0.165 e. The van der Waals surface area contributed by atoms with Gasteiger partial charge in [0, 0.05) is 11.5 Å². The molecule has 80 valence electrons. The van der Waals surface area contributed by atoms with Crippen molar-refractivity contribution in [3.8, 4) is 0 Å². The smallest absolute Gasteiger partial charge is 0.165 e. The second kappa shape index (κ2) is 3.76. The zero-order chi connectivity index (χ0) is 11.0. The molecule has 0 heterocycles. The summed E-state index contributed by atoms with van der Waals surface area (Å²) in [6.45, 7) is 3.87. The van der Waals surface area contributed by atoms with Crippen LogP contribution in [0.25, 0.3) is 0 Å². The maximum absolute atomic E-state index is 13.4. The Morgan fingerprint density at radius 2 is 2.07 bits per heavy atom. The van der Waals surface area contributed by atoms with Crippen LogP contribution in [-0.4, -0.2) is 5.78 Å². The molecule has 2 heteroatoms. The van der Waals surface area contributed by atoms with E-state index in [1.807, 2.05) is 13.8 Å². The van der Waals surface area contributed by atoms with Crippen molar-refractivity contribution >= 4 is 5.78 Å². The van der Waals surface area contributed by atoms with E-state index in [4.69, 9.17) is 0 Å². The summed E-state index contributed by atoms with van der Waals surface area (Å²) in [7, 11) is 0. The monoisotopic (exact) mass is 206 g/mol. The van der Waals surface area contributed by atoms with Gasteiger partial charge in [-0.3, -0.25) is 4.79 Å². The molecule has 2 rings (SSSR count). The molecule has 1 saturated carbocycles. The van der Waals surface area contributed by atoms with Gasteiger partial charge >= 0.3 is 0 Å². The minimum atomic E-state index is -0.211. The molecule has 1 aliphatic rings. The highest BCUT2D eigenvalue weighted by Crippen LogP contribution is 2.33. The van der Waals surface area contributed by atoms with E-state index in [1.54, 1.807) is 12.1 Å². The number of halogens is 1. The molecular formula is C13H15FO. The normalized spacial score (nSPS) is 15.7. The van der Waals surface area contributed by atoms with E-state index in [1.165, 1.54) is 6.07 Å². The predicted octanol–water partition coefficient (Wildman–Crippen LogP) is 3.54. The number of carbonyl (C=O) groups is 1. The molecule has 0 bridgehead atoms. The minimum Gasteiger partial charge on any atom is -0.294 e. The Bertz CT molecular complexity index is 392. The Hall–Kier alpha value is -1.18. The van der Waals surface area contributed by atoms with Gasteiger partial charge in [-0.15, -0.1) is 0 Å². The third kappa shape index (κ3) is 2.09.